The van der Waals surface area contributed by atoms with Gasteiger partial charge in [0.15, 0.2) is 5.96 Å². The minimum Gasteiger partial charge on any atom is -0.493 e. The molecule has 156 valence electrons. The molecule has 1 saturated heterocycles. The van der Waals surface area contributed by atoms with Gasteiger partial charge in [0.2, 0.25) is 0 Å². The van der Waals surface area contributed by atoms with Crippen molar-refractivity contribution in [1.29, 1.82) is 0 Å². The molecule has 0 radical (unpaired) electrons. The molecule has 0 spiro atoms. The quantitative estimate of drug-likeness (QED) is 0.366. The summed E-state index contributed by atoms with van der Waals surface area (Å²) >= 11 is 0. The van der Waals surface area contributed by atoms with E-state index < -0.39 is 0 Å². The predicted molar refractivity (Wildman–Crippen MR) is 112 cm³/mol. The van der Waals surface area contributed by atoms with Crippen LogP contribution in [-0.2, 0) is 16.0 Å². The third-order valence-corrected chi connectivity index (χ3v) is 5.20. The smallest absolute Gasteiger partial charge is 0.191 e. The summed E-state index contributed by atoms with van der Waals surface area (Å²) in [5.41, 5.74) is 2.39. The van der Waals surface area contributed by atoms with E-state index in [1.165, 1.54) is 18.4 Å². The van der Waals surface area contributed by atoms with Crippen LogP contribution in [0, 0.1) is 12.8 Å². The Labute approximate surface area is 169 Å². The van der Waals surface area contributed by atoms with Crippen LogP contribution in [0.5, 0.6) is 5.75 Å². The Morgan fingerprint density at radius 2 is 2.00 bits per heavy atom. The lowest BCUT2D eigenvalue weighted by Gasteiger charge is -2.22. The second-order valence-corrected chi connectivity index (χ2v) is 7.75. The molecule has 1 saturated carbocycles. The average molecular weight is 390 g/mol. The van der Waals surface area contributed by atoms with Gasteiger partial charge in [0.1, 0.15) is 5.75 Å². The van der Waals surface area contributed by atoms with Crippen molar-refractivity contribution in [2.45, 2.75) is 51.7 Å². The van der Waals surface area contributed by atoms with Crippen LogP contribution >= 0.6 is 0 Å². The van der Waals surface area contributed by atoms with Crippen molar-refractivity contribution in [3.63, 3.8) is 0 Å². The van der Waals surface area contributed by atoms with E-state index in [9.17, 15) is 0 Å². The Kier molecular flexibility index (Phi) is 8.42. The van der Waals surface area contributed by atoms with Crippen LogP contribution in [0.4, 0.5) is 0 Å². The number of rotatable bonds is 10. The Morgan fingerprint density at radius 3 is 2.75 bits per heavy atom. The minimum absolute atomic E-state index is 0.363. The van der Waals surface area contributed by atoms with Crippen molar-refractivity contribution < 1.29 is 14.2 Å². The third-order valence-electron chi connectivity index (χ3n) is 5.20. The molecule has 0 bridgehead atoms. The summed E-state index contributed by atoms with van der Waals surface area (Å²) in [5.74, 6) is 2.54. The first kappa shape index (κ1) is 20.9. The molecule has 6 nitrogen and oxygen atoms in total. The molecule has 6 heteroatoms. The van der Waals surface area contributed by atoms with Crippen molar-refractivity contribution in [1.82, 2.24) is 10.6 Å². The van der Waals surface area contributed by atoms with Crippen LogP contribution < -0.4 is 15.4 Å². The molecule has 1 aliphatic heterocycles. The monoisotopic (exact) mass is 389 g/mol. The van der Waals surface area contributed by atoms with Gasteiger partial charge < -0.3 is 24.8 Å². The summed E-state index contributed by atoms with van der Waals surface area (Å²) in [7, 11) is 1.80. The molecule has 2 fully saturated rings. The van der Waals surface area contributed by atoms with E-state index >= 15 is 0 Å². The van der Waals surface area contributed by atoms with E-state index in [1.807, 2.05) is 0 Å². The summed E-state index contributed by atoms with van der Waals surface area (Å²) < 4.78 is 17.3. The van der Waals surface area contributed by atoms with Crippen LogP contribution in [0.3, 0.4) is 0 Å². The van der Waals surface area contributed by atoms with E-state index in [-0.39, 0.29) is 0 Å². The summed E-state index contributed by atoms with van der Waals surface area (Å²) in [6, 6.07) is 6.40. The van der Waals surface area contributed by atoms with Crippen LogP contribution in [-0.4, -0.2) is 52.1 Å². The van der Waals surface area contributed by atoms with Gasteiger partial charge >= 0.3 is 0 Å². The van der Waals surface area contributed by atoms with Gasteiger partial charge in [-0.2, -0.15) is 0 Å². The normalized spacial score (nSPS) is 18.1. The predicted octanol–water partition coefficient (Wildman–Crippen LogP) is 3.03. The van der Waals surface area contributed by atoms with Crippen LogP contribution in [0.2, 0.25) is 0 Å². The summed E-state index contributed by atoms with van der Waals surface area (Å²) in [4.78, 5) is 4.32. The Morgan fingerprint density at radius 1 is 1.18 bits per heavy atom. The molecule has 2 aliphatic rings. The fourth-order valence-electron chi connectivity index (χ4n) is 3.21. The van der Waals surface area contributed by atoms with Gasteiger partial charge in [-0.1, -0.05) is 12.1 Å². The number of ether oxygens (including phenoxy) is 3. The lowest BCUT2D eigenvalue weighted by atomic mass is 10.1. The maximum Gasteiger partial charge on any atom is 0.191 e. The minimum atomic E-state index is 0.363. The molecule has 0 amide bonds. The Bertz CT molecular complexity index is 625. The van der Waals surface area contributed by atoms with E-state index in [2.05, 4.69) is 40.7 Å². The highest BCUT2D eigenvalue weighted by Crippen LogP contribution is 2.30. The first-order valence-corrected chi connectivity index (χ1v) is 10.6. The van der Waals surface area contributed by atoms with Crippen LogP contribution in [0.15, 0.2) is 23.2 Å². The molecule has 1 aliphatic carbocycles. The van der Waals surface area contributed by atoms with Crippen molar-refractivity contribution in [3.05, 3.63) is 29.3 Å². The highest BCUT2D eigenvalue weighted by atomic mass is 16.5. The maximum absolute atomic E-state index is 6.05. The summed E-state index contributed by atoms with van der Waals surface area (Å²) in [6.45, 7) is 6.88. The molecule has 3 rings (SSSR count). The molecule has 1 heterocycles. The van der Waals surface area contributed by atoms with Gasteiger partial charge in [-0.25, -0.2) is 0 Å². The van der Waals surface area contributed by atoms with E-state index in [0.29, 0.717) is 12.6 Å². The fraction of sp³-hybridized carbons (Fsp3) is 0.682. The summed E-state index contributed by atoms with van der Waals surface area (Å²) in [5, 5.41) is 6.75. The van der Waals surface area contributed by atoms with Crippen molar-refractivity contribution in [2.75, 3.05) is 40.0 Å². The standard InChI is InChI=1S/C22H35N3O3/c1-17-4-7-19(21(14-17)28-16-18-5-6-18)15-25-22(23-2)24-10-3-11-27-20-8-12-26-13-9-20/h4,7,14,18,20H,3,5-6,8-13,15-16H2,1-2H3,(H2,23,24,25). The number of benzene rings is 1. The van der Waals surface area contributed by atoms with Gasteiger partial charge in [-0.3, -0.25) is 4.99 Å². The summed E-state index contributed by atoms with van der Waals surface area (Å²) in [6.07, 6.45) is 5.94. The second kappa shape index (κ2) is 11.3. The zero-order valence-corrected chi connectivity index (χ0v) is 17.3. The molecule has 2 N–H and O–H groups in total. The molecular formula is C22H35N3O3. The number of aliphatic imine (C=N–C) groups is 1. The first-order valence-electron chi connectivity index (χ1n) is 10.6. The zero-order chi connectivity index (χ0) is 19.6. The number of aryl methyl sites for hydroxylation is 1. The van der Waals surface area contributed by atoms with Gasteiger partial charge in [-0.15, -0.1) is 0 Å². The van der Waals surface area contributed by atoms with Crippen molar-refractivity contribution in [3.8, 4) is 5.75 Å². The molecule has 1 aromatic rings. The van der Waals surface area contributed by atoms with Crippen LogP contribution in [0.1, 0.15) is 43.2 Å². The highest BCUT2D eigenvalue weighted by Gasteiger charge is 2.22. The molecule has 0 atom stereocenters. The Balaban J connectivity index is 1.36. The SMILES string of the molecule is CN=C(NCCCOC1CCOCC1)NCc1ccc(C)cc1OCC1CC1. The number of nitrogens with one attached hydrogen (secondary N) is 2. The molecule has 0 unspecified atom stereocenters. The van der Waals surface area contributed by atoms with Gasteiger partial charge in [0.25, 0.3) is 0 Å². The van der Waals surface area contributed by atoms with E-state index in [0.717, 1.165) is 75.4 Å². The molecule has 28 heavy (non-hydrogen) atoms. The van der Waals surface area contributed by atoms with Gasteiger partial charge in [0.05, 0.1) is 12.7 Å². The second-order valence-electron chi connectivity index (χ2n) is 7.75. The zero-order valence-electron chi connectivity index (χ0n) is 17.3. The Hall–Kier alpha value is -1.79. The number of hydrogen-bond acceptors (Lipinski definition) is 4. The average Bonchev–Trinajstić information content (AvgIpc) is 3.55. The highest BCUT2D eigenvalue weighted by molar-refractivity contribution is 5.79. The lowest BCUT2D eigenvalue weighted by molar-refractivity contribution is -0.0320. The number of nitrogens with zero attached hydrogens (tertiary/aromatic N) is 1. The van der Waals surface area contributed by atoms with Crippen LogP contribution in [0.25, 0.3) is 0 Å². The van der Waals surface area contributed by atoms with Crippen molar-refractivity contribution >= 4 is 5.96 Å². The maximum atomic E-state index is 6.05. The molecular weight excluding hydrogens is 354 g/mol. The van der Waals surface area contributed by atoms with E-state index in [4.69, 9.17) is 14.2 Å². The largest absolute Gasteiger partial charge is 0.493 e. The third kappa shape index (κ3) is 7.32. The van der Waals surface area contributed by atoms with Crippen molar-refractivity contribution in [2.24, 2.45) is 10.9 Å². The molecule has 0 aromatic heterocycles. The molecule has 1 aromatic carbocycles. The first-order chi connectivity index (χ1) is 13.7. The fourth-order valence-corrected chi connectivity index (χ4v) is 3.21. The van der Waals surface area contributed by atoms with E-state index in [1.54, 1.807) is 7.05 Å². The lowest BCUT2D eigenvalue weighted by Crippen LogP contribution is -2.37. The number of hydrogen-bond donors (Lipinski definition) is 2. The number of guanidine groups is 1. The van der Waals surface area contributed by atoms with Gasteiger partial charge in [-0.05, 0) is 56.6 Å². The van der Waals surface area contributed by atoms with Gasteiger partial charge in [0, 0.05) is 45.5 Å². The topological polar surface area (TPSA) is 64.1 Å².